The molecule has 1 saturated heterocycles. The highest BCUT2D eigenvalue weighted by molar-refractivity contribution is 5.94. The Kier molecular flexibility index (Phi) is 3.06. The largest absolute Gasteiger partial charge is 0.411 e. The highest BCUT2D eigenvalue weighted by Gasteiger charge is 2.46. The summed E-state index contributed by atoms with van der Waals surface area (Å²) in [5.41, 5.74) is 4.59. The highest BCUT2D eigenvalue weighted by atomic mass is 16.4. The van der Waals surface area contributed by atoms with Gasteiger partial charge in [-0.15, -0.1) is 0 Å². The molecule has 5 nitrogen and oxygen atoms in total. The predicted molar refractivity (Wildman–Crippen MR) is 66.0 cm³/mol. The molecule has 3 rings (SSSR count). The monoisotopic (exact) mass is 238 g/mol. The summed E-state index contributed by atoms with van der Waals surface area (Å²) in [5, 5.41) is 15.0. The van der Waals surface area contributed by atoms with Crippen LogP contribution >= 0.6 is 0 Å². The van der Waals surface area contributed by atoms with Gasteiger partial charge in [0.15, 0.2) is 0 Å². The van der Waals surface area contributed by atoms with Gasteiger partial charge in [0.05, 0.1) is 11.8 Å². The molecule has 0 amide bonds. The van der Waals surface area contributed by atoms with Crippen molar-refractivity contribution in [1.29, 1.82) is 0 Å². The minimum Gasteiger partial charge on any atom is -0.411 e. The maximum absolute atomic E-state index is 9.15. The van der Waals surface area contributed by atoms with Gasteiger partial charge in [0.2, 0.25) is 0 Å². The van der Waals surface area contributed by atoms with E-state index >= 15 is 0 Å². The van der Waals surface area contributed by atoms with Crippen LogP contribution < -0.4 is 5.43 Å². The van der Waals surface area contributed by atoms with Gasteiger partial charge >= 0.3 is 0 Å². The molecule has 0 spiro atoms. The first-order chi connectivity index (χ1) is 8.28. The molecule has 1 heterocycles. The van der Waals surface area contributed by atoms with Crippen molar-refractivity contribution in [1.82, 2.24) is 15.3 Å². The van der Waals surface area contributed by atoms with E-state index in [4.69, 9.17) is 5.21 Å². The van der Waals surface area contributed by atoms with E-state index in [1.807, 2.05) is 0 Å². The van der Waals surface area contributed by atoms with Crippen LogP contribution in [0.25, 0.3) is 0 Å². The van der Waals surface area contributed by atoms with Gasteiger partial charge in [-0.25, -0.2) is 10.4 Å². The van der Waals surface area contributed by atoms with Crippen LogP contribution in [0.15, 0.2) is 5.16 Å². The van der Waals surface area contributed by atoms with Gasteiger partial charge < -0.3 is 10.1 Å². The fourth-order valence-corrected chi connectivity index (χ4v) is 3.53. The number of fused-ring (bicyclic) bond motifs is 2. The van der Waals surface area contributed by atoms with Crippen LogP contribution in [0.1, 0.15) is 19.3 Å². The zero-order valence-electron chi connectivity index (χ0n) is 10.5. The zero-order valence-corrected chi connectivity index (χ0v) is 10.5. The molecule has 0 radical (unpaired) electrons. The Labute approximate surface area is 102 Å². The Morgan fingerprint density at radius 3 is 2.71 bits per heavy atom. The number of hydrazine groups is 1. The molecule has 2 aliphatic carbocycles. The molecule has 96 valence electrons. The quantitative estimate of drug-likeness (QED) is 0.539. The van der Waals surface area contributed by atoms with Gasteiger partial charge in [0, 0.05) is 32.1 Å². The molecule has 3 fully saturated rings. The van der Waals surface area contributed by atoms with E-state index in [9.17, 15) is 0 Å². The second kappa shape index (κ2) is 4.55. The molecule has 3 aliphatic rings. The average molecular weight is 238 g/mol. The van der Waals surface area contributed by atoms with E-state index in [1.165, 1.54) is 19.3 Å². The number of oxime groups is 1. The summed E-state index contributed by atoms with van der Waals surface area (Å²) in [6.45, 7) is 4.34. The lowest BCUT2D eigenvalue weighted by atomic mass is 9.94. The van der Waals surface area contributed by atoms with E-state index in [-0.39, 0.29) is 0 Å². The van der Waals surface area contributed by atoms with Crippen molar-refractivity contribution in [2.75, 3.05) is 33.2 Å². The van der Waals surface area contributed by atoms with Gasteiger partial charge in [0.1, 0.15) is 0 Å². The standard InChI is InChI=1S/C12H22N4O/c1-15-4-6-16(7-5-15)13-11-9-2-3-10(8-9)12(11)14-17/h9-11,13,17H,2-8H2,1H3/b14-12+/t9-,10-,11+/m0/s1. The van der Waals surface area contributed by atoms with Crippen molar-refractivity contribution in [2.24, 2.45) is 17.0 Å². The number of piperazine rings is 1. The third-order valence-electron chi connectivity index (χ3n) is 4.62. The number of likely N-dealkylation sites (N-methyl/N-ethyl adjacent to an activating group) is 1. The van der Waals surface area contributed by atoms with E-state index in [0.29, 0.717) is 17.9 Å². The van der Waals surface area contributed by atoms with E-state index in [1.54, 1.807) is 0 Å². The van der Waals surface area contributed by atoms with Crippen molar-refractivity contribution in [3.63, 3.8) is 0 Å². The maximum Gasteiger partial charge on any atom is 0.0787 e. The molecular formula is C12H22N4O. The number of rotatable bonds is 2. The van der Waals surface area contributed by atoms with Gasteiger partial charge in [-0.05, 0) is 32.2 Å². The fourth-order valence-electron chi connectivity index (χ4n) is 3.53. The normalized spacial score (nSPS) is 41.5. The van der Waals surface area contributed by atoms with Gasteiger partial charge in [-0.2, -0.15) is 0 Å². The lowest BCUT2D eigenvalue weighted by Gasteiger charge is -2.36. The summed E-state index contributed by atoms with van der Waals surface area (Å²) in [6.07, 6.45) is 3.71. The molecule has 5 heteroatoms. The minimum atomic E-state index is 0.294. The van der Waals surface area contributed by atoms with Crippen LogP contribution in [0.2, 0.25) is 0 Å². The molecule has 0 aromatic rings. The first-order valence-corrected chi connectivity index (χ1v) is 6.69. The van der Waals surface area contributed by atoms with Crippen LogP contribution in [0.3, 0.4) is 0 Å². The van der Waals surface area contributed by atoms with Crippen LogP contribution in [0, 0.1) is 11.8 Å². The van der Waals surface area contributed by atoms with E-state index in [0.717, 1.165) is 31.9 Å². The topological polar surface area (TPSA) is 51.1 Å². The lowest BCUT2D eigenvalue weighted by molar-refractivity contribution is 0.0884. The molecule has 17 heavy (non-hydrogen) atoms. The maximum atomic E-state index is 9.15. The van der Waals surface area contributed by atoms with E-state index < -0.39 is 0 Å². The second-order valence-corrected chi connectivity index (χ2v) is 5.69. The Bertz CT molecular complexity index is 312. The van der Waals surface area contributed by atoms with Crippen molar-refractivity contribution >= 4 is 5.71 Å². The van der Waals surface area contributed by atoms with Crippen LogP contribution in [-0.4, -0.2) is 60.1 Å². The number of hydrogen-bond donors (Lipinski definition) is 2. The van der Waals surface area contributed by atoms with Crippen LogP contribution in [0.5, 0.6) is 0 Å². The van der Waals surface area contributed by atoms with Crippen molar-refractivity contribution in [2.45, 2.75) is 25.3 Å². The summed E-state index contributed by atoms with van der Waals surface area (Å²) in [6, 6.07) is 0.294. The average Bonchev–Trinajstić information content (AvgIpc) is 2.92. The predicted octanol–water partition coefficient (Wildman–Crippen LogP) is 0.367. The third-order valence-corrected chi connectivity index (χ3v) is 4.62. The van der Waals surface area contributed by atoms with Crippen molar-refractivity contribution < 1.29 is 5.21 Å². The first kappa shape index (κ1) is 11.4. The first-order valence-electron chi connectivity index (χ1n) is 6.69. The van der Waals surface area contributed by atoms with Crippen LogP contribution in [-0.2, 0) is 0 Å². The van der Waals surface area contributed by atoms with Crippen molar-refractivity contribution in [3.8, 4) is 0 Å². The minimum absolute atomic E-state index is 0.294. The van der Waals surface area contributed by atoms with Gasteiger partial charge in [0.25, 0.3) is 0 Å². The molecule has 3 atom stereocenters. The number of hydrogen-bond acceptors (Lipinski definition) is 5. The smallest absolute Gasteiger partial charge is 0.0787 e. The van der Waals surface area contributed by atoms with Gasteiger partial charge in [-0.3, -0.25) is 0 Å². The third kappa shape index (κ3) is 2.07. The summed E-state index contributed by atoms with van der Waals surface area (Å²) >= 11 is 0. The Hall–Kier alpha value is -0.650. The van der Waals surface area contributed by atoms with Crippen LogP contribution in [0.4, 0.5) is 0 Å². The van der Waals surface area contributed by atoms with Gasteiger partial charge in [-0.1, -0.05) is 5.16 Å². The zero-order chi connectivity index (χ0) is 11.8. The molecule has 0 unspecified atom stereocenters. The second-order valence-electron chi connectivity index (χ2n) is 5.69. The molecule has 0 aromatic carbocycles. The van der Waals surface area contributed by atoms with E-state index in [2.05, 4.69) is 27.5 Å². The molecule has 2 saturated carbocycles. The summed E-state index contributed by atoms with van der Waals surface area (Å²) in [4.78, 5) is 2.35. The molecule has 0 aromatic heterocycles. The Balaban J connectivity index is 1.61. The summed E-state index contributed by atoms with van der Waals surface area (Å²) in [5.74, 6) is 1.22. The Morgan fingerprint density at radius 1 is 1.24 bits per heavy atom. The molecule has 2 N–H and O–H groups in total. The fraction of sp³-hybridized carbons (Fsp3) is 0.917. The highest BCUT2D eigenvalue weighted by Crippen LogP contribution is 2.42. The lowest BCUT2D eigenvalue weighted by Crippen LogP contribution is -2.56. The summed E-state index contributed by atoms with van der Waals surface area (Å²) in [7, 11) is 2.16. The SMILES string of the molecule is CN1CCN(N[C@H]2/C(=N/O)[C@H]3CC[C@H]2C3)CC1. The Morgan fingerprint density at radius 2 is 2.00 bits per heavy atom. The number of nitrogens with zero attached hydrogens (tertiary/aromatic N) is 3. The molecule has 2 bridgehead atoms. The van der Waals surface area contributed by atoms with Crippen molar-refractivity contribution in [3.05, 3.63) is 0 Å². The number of nitrogens with one attached hydrogen (secondary N) is 1. The molecular weight excluding hydrogens is 216 g/mol. The molecule has 1 aliphatic heterocycles. The summed E-state index contributed by atoms with van der Waals surface area (Å²) < 4.78 is 0.